The SMILES string of the molecule is CN(Cc1ccc(F)cc1)C(=O)C1CCCN(S(=O)(=O)c2cccs2)C1. The number of benzene rings is 1. The zero-order chi connectivity index (χ0) is 18.7. The molecule has 0 spiro atoms. The summed E-state index contributed by atoms with van der Waals surface area (Å²) in [5, 5.41) is 1.73. The standard InChI is InChI=1S/C18H21FN2O3S2/c1-20(12-14-6-8-16(19)9-7-14)18(22)15-4-2-10-21(13-15)26(23,24)17-5-3-11-25-17/h3,5-9,11,15H,2,4,10,12-13H2,1H3. The van der Waals surface area contributed by atoms with E-state index in [4.69, 9.17) is 0 Å². The minimum absolute atomic E-state index is 0.0830. The molecule has 140 valence electrons. The minimum atomic E-state index is -3.54. The molecule has 8 heteroatoms. The van der Waals surface area contributed by atoms with Crippen LogP contribution in [0.15, 0.2) is 46.0 Å². The first-order valence-corrected chi connectivity index (χ1v) is 10.7. The second-order valence-corrected chi connectivity index (χ2v) is 9.57. The Hall–Kier alpha value is -1.77. The Labute approximate surface area is 157 Å². The highest BCUT2D eigenvalue weighted by Gasteiger charge is 2.34. The van der Waals surface area contributed by atoms with Crippen molar-refractivity contribution in [3.8, 4) is 0 Å². The van der Waals surface area contributed by atoms with Gasteiger partial charge in [-0.05, 0) is 42.0 Å². The Morgan fingerprint density at radius 1 is 1.31 bits per heavy atom. The van der Waals surface area contributed by atoms with Crippen molar-refractivity contribution in [3.05, 3.63) is 53.2 Å². The topological polar surface area (TPSA) is 57.7 Å². The largest absolute Gasteiger partial charge is 0.341 e. The number of piperidine rings is 1. The molecule has 2 heterocycles. The summed E-state index contributed by atoms with van der Waals surface area (Å²) in [6.45, 7) is 1.01. The Bertz CT molecular complexity index is 851. The number of sulfonamides is 1. The van der Waals surface area contributed by atoms with E-state index >= 15 is 0 Å². The molecular weight excluding hydrogens is 375 g/mol. The molecule has 0 N–H and O–H groups in total. The van der Waals surface area contributed by atoms with Gasteiger partial charge in [-0.3, -0.25) is 4.79 Å². The van der Waals surface area contributed by atoms with E-state index in [1.165, 1.54) is 27.8 Å². The zero-order valence-corrected chi connectivity index (χ0v) is 16.1. The van der Waals surface area contributed by atoms with Crippen LogP contribution in [-0.2, 0) is 21.4 Å². The molecule has 5 nitrogen and oxygen atoms in total. The van der Waals surface area contributed by atoms with E-state index in [0.29, 0.717) is 30.1 Å². The molecule has 1 aliphatic heterocycles. The highest BCUT2D eigenvalue weighted by atomic mass is 32.2. The third-order valence-corrected chi connectivity index (χ3v) is 7.77. The molecule has 1 saturated heterocycles. The molecule has 1 fully saturated rings. The van der Waals surface area contributed by atoms with Crippen LogP contribution in [0.2, 0.25) is 0 Å². The smallest absolute Gasteiger partial charge is 0.252 e. The maximum Gasteiger partial charge on any atom is 0.252 e. The molecule has 0 bridgehead atoms. The zero-order valence-electron chi connectivity index (χ0n) is 14.5. The second kappa shape index (κ2) is 7.85. The van der Waals surface area contributed by atoms with Crippen LogP contribution in [0.4, 0.5) is 4.39 Å². The summed E-state index contributed by atoms with van der Waals surface area (Å²) < 4.78 is 40.1. The highest BCUT2D eigenvalue weighted by molar-refractivity contribution is 7.91. The molecule has 0 radical (unpaired) electrons. The van der Waals surface area contributed by atoms with Gasteiger partial charge in [0.1, 0.15) is 10.0 Å². The first-order valence-electron chi connectivity index (χ1n) is 8.41. The normalized spacial score (nSPS) is 18.6. The number of carbonyl (C=O) groups excluding carboxylic acids is 1. The first-order chi connectivity index (χ1) is 12.4. The van der Waals surface area contributed by atoms with E-state index in [1.807, 2.05) is 0 Å². The first kappa shape index (κ1) is 19.0. The van der Waals surface area contributed by atoms with Gasteiger partial charge >= 0.3 is 0 Å². The number of carbonyl (C=O) groups is 1. The van der Waals surface area contributed by atoms with Crippen molar-refractivity contribution in [2.24, 2.45) is 5.92 Å². The van der Waals surface area contributed by atoms with Crippen molar-refractivity contribution in [3.63, 3.8) is 0 Å². The number of hydrogen-bond acceptors (Lipinski definition) is 4. The van der Waals surface area contributed by atoms with Gasteiger partial charge in [-0.2, -0.15) is 4.31 Å². The van der Waals surface area contributed by atoms with E-state index in [2.05, 4.69) is 0 Å². The Balaban J connectivity index is 1.67. The summed E-state index contributed by atoms with van der Waals surface area (Å²) in [5.74, 6) is -0.756. The van der Waals surface area contributed by atoms with Crippen molar-refractivity contribution in [2.75, 3.05) is 20.1 Å². The monoisotopic (exact) mass is 396 g/mol. The number of halogens is 1. The predicted octanol–water partition coefficient (Wildman–Crippen LogP) is 2.95. The fourth-order valence-electron chi connectivity index (χ4n) is 3.15. The Morgan fingerprint density at radius 3 is 2.69 bits per heavy atom. The average molecular weight is 397 g/mol. The molecule has 1 aromatic carbocycles. The average Bonchev–Trinajstić information content (AvgIpc) is 3.18. The van der Waals surface area contributed by atoms with Crippen molar-refractivity contribution in [1.29, 1.82) is 0 Å². The molecule has 1 amide bonds. The van der Waals surface area contributed by atoms with Crippen LogP contribution in [0.5, 0.6) is 0 Å². The van der Waals surface area contributed by atoms with E-state index in [9.17, 15) is 17.6 Å². The number of nitrogens with zero attached hydrogens (tertiary/aromatic N) is 2. The van der Waals surface area contributed by atoms with E-state index in [0.717, 1.165) is 5.56 Å². The number of rotatable bonds is 5. The van der Waals surface area contributed by atoms with Crippen LogP contribution in [0, 0.1) is 11.7 Å². The molecule has 1 unspecified atom stereocenters. The second-order valence-electron chi connectivity index (χ2n) is 6.46. The van der Waals surface area contributed by atoms with Crippen molar-refractivity contribution in [1.82, 2.24) is 9.21 Å². The lowest BCUT2D eigenvalue weighted by Gasteiger charge is -2.33. The molecule has 2 aromatic rings. The van der Waals surface area contributed by atoms with Gasteiger partial charge in [-0.1, -0.05) is 18.2 Å². The molecule has 1 atom stereocenters. The summed E-state index contributed by atoms with van der Waals surface area (Å²) in [6, 6.07) is 9.32. The molecular formula is C18H21FN2O3S2. The lowest BCUT2D eigenvalue weighted by atomic mass is 9.98. The maximum atomic E-state index is 13.0. The van der Waals surface area contributed by atoms with Gasteiger partial charge < -0.3 is 4.90 Å². The molecule has 0 aliphatic carbocycles. The van der Waals surface area contributed by atoms with Crippen LogP contribution >= 0.6 is 11.3 Å². The van der Waals surface area contributed by atoms with Gasteiger partial charge in [-0.25, -0.2) is 12.8 Å². The van der Waals surface area contributed by atoms with E-state index in [1.54, 1.807) is 41.6 Å². The third-order valence-electron chi connectivity index (χ3n) is 4.53. The van der Waals surface area contributed by atoms with Gasteiger partial charge in [0, 0.05) is 26.7 Å². The number of hydrogen-bond donors (Lipinski definition) is 0. The van der Waals surface area contributed by atoms with Gasteiger partial charge in [0.15, 0.2) is 0 Å². The summed E-state index contributed by atoms with van der Waals surface area (Å²) in [4.78, 5) is 14.3. The fraction of sp³-hybridized carbons (Fsp3) is 0.389. The van der Waals surface area contributed by atoms with Gasteiger partial charge in [0.2, 0.25) is 5.91 Å². The maximum absolute atomic E-state index is 13.0. The highest BCUT2D eigenvalue weighted by Crippen LogP contribution is 2.27. The van der Waals surface area contributed by atoms with Crippen molar-refractivity contribution < 1.29 is 17.6 Å². The van der Waals surface area contributed by atoms with Crippen LogP contribution < -0.4 is 0 Å². The van der Waals surface area contributed by atoms with Crippen LogP contribution in [-0.4, -0.2) is 43.7 Å². The molecule has 1 aromatic heterocycles. The van der Waals surface area contributed by atoms with Gasteiger partial charge in [0.05, 0.1) is 5.92 Å². The minimum Gasteiger partial charge on any atom is -0.341 e. The van der Waals surface area contributed by atoms with Crippen molar-refractivity contribution >= 4 is 27.3 Å². The lowest BCUT2D eigenvalue weighted by molar-refractivity contribution is -0.135. The quantitative estimate of drug-likeness (QED) is 0.781. The van der Waals surface area contributed by atoms with Crippen LogP contribution in [0.25, 0.3) is 0 Å². The van der Waals surface area contributed by atoms with Crippen molar-refractivity contribution in [2.45, 2.75) is 23.6 Å². The van der Waals surface area contributed by atoms with Gasteiger partial charge in [-0.15, -0.1) is 11.3 Å². The van der Waals surface area contributed by atoms with Crippen LogP contribution in [0.1, 0.15) is 18.4 Å². The van der Waals surface area contributed by atoms with E-state index in [-0.39, 0.29) is 24.2 Å². The summed E-state index contributed by atoms with van der Waals surface area (Å²) in [7, 11) is -1.84. The summed E-state index contributed by atoms with van der Waals surface area (Å²) >= 11 is 1.19. The number of thiophene rings is 1. The Morgan fingerprint density at radius 2 is 2.04 bits per heavy atom. The summed E-state index contributed by atoms with van der Waals surface area (Å²) in [6.07, 6.45) is 1.33. The third kappa shape index (κ3) is 4.13. The molecule has 26 heavy (non-hydrogen) atoms. The molecule has 0 saturated carbocycles. The summed E-state index contributed by atoms with van der Waals surface area (Å²) in [5.41, 5.74) is 0.834. The predicted molar refractivity (Wildman–Crippen MR) is 98.7 cm³/mol. The number of amides is 1. The lowest BCUT2D eigenvalue weighted by Crippen LogP contribution is -2.45. The molecule has 3 rings (SSSR count). The molecule has 1 aliphatic rings. The van der Waals surface area contributed by atoms with Gasteiger partial charge in [0.25, 0.3) is 10.0 Å². The van der Waals surface area contributed by atoms with Crippen LogP contribution in [0.3, 0.4) is 0 Å². The van der Waals surface area contributed by atoms with E-state index < -0.39 is 10.0 Å². The Kier molecular flexibility index (Phi) is 5.74. The fourth-order valence-corrected chi connectivity index (χ4v) is 5.82.